The van der Waals surface area contributed by atoms with Crippen LogP contribution in [0.5, 0.6) is 11.5 Å². The van der Waals surface area contributed by atoms with Gasteiger partial charge in [-0.2, -0.15) is 0 Å². The summed E-state index contributed by atoms with van der Waals surface area (Å²) < 4.78 is 0. The number of aliphatic hydroxyl groups excluding tert-OH is 2. The van der Waals surface area contributed by atoms with Gasteiger partial charge in [0.1, 0.15) is 11.5 Å². The van der Waals surface area contributed by atoms with Crippen molar-refractivity contribution < 1.29 is 20.4 Å². The van der Waals surface area contributed by atoms with Crippen molar-refractivity contribution >= 4 is 0 Å². The Labute approximate surface area is 112 Å². The molecule has 2 rings (SSSR count). The van der Waals surface area contributed by atoms with Crippen LogP contribution >= 0.6 is 0 Å². The van der Waals surface area contributed by atoms with Crippen LogP contribution in [0.4, 0.5) is 0 Å². The average molecular weight is 262 g/mol. The van der Waals surface area contributed by atoms with Crippen molar-refractivity contribution in [3.63, 3.8) is 0 Å². The van der Waals surface area contributed by atoms with Crippen LogP contribution in [0.15, 0.2) is 42.5 Å². The molecule has 0 unspecified atom stereocenters. The SMILES string of the molecule is Cc1ccc(O)c(CO)c1CO.Oc1ccccc1. The minimum absolute atomic E-state index is 0.0344. The van der Waals surface area contributed by atoms with Gasteiger partial charge >= 0.3 is 0 Å². The topological polar surface area (TPSA) is 80.9 Å². The number of hydrogen-bond donors (Lipinski definition) is 4. The molecule has 0 aliphatic carbocycles. The summed E-state index contributed by atoms with van der Waals surface area (Å²) in [7, 11) is 0. The molecule has 0 aromatic heterocycles. The van der Waals surface area contributed by atoms with Crippen molar-refractivity contribution in [3.8, 4) is 11.5 Å². The fourth-order valence-electron chi connectivity index (χ4n) is 1.62. The molecule has 0 radical (unpaired) electrons. The smallest absolute Gasteiger partial charge is 0.121 e. The monoisotopic (exact) mass is 262 g/mol. The zero-order valence-corrected chi connectivity index (χ0v) is 10.7. The number of phenols is 2. The lowest BCUT2D eigenvalue weighted by molar-refractivity contribution is 0.254. The largest absolute Gasteiger partial charge is 0.508 e. The van der Waals surface area contributed by atoms with Crippen molar-refractivity contribution in [2.24, 2.45) is 0 Å². The number of aliphatic hydroxyl groups is 2. The molecule has 0 amide bonds. The molecule has 0 saturated carbocycles. The van der Waals surface area contributed by atoms with E-state index in [-0.39, 0.29) is 19.0 Å². The van der Waals surface area contributed by atoms with E-state index in [1.165, 1.54) is 6.07 Å². The number of aromatic hydroxyl groups is 2. The number of aryl methyl sites for hydroxylation is 1. The summed E-state index contributed by atoms with van der Waals surface area (Å²) in [4.78, 5) is 0. The molecule has 0 spiro atoms. The molecule has 4 heteroatoms. The molecular weight excluding hydrogens is 244 g/mol. The third kappa shape index (κ3) is 4.28. The fourth-order valence-corrected chi connectivity index (χ4v) is 1.62. The third-order valence-corrected chi connectivity index (χ3v) is 2.71. The van der Waals surface area contributed by atoms with Gasteiger partial charge in [0.05, 0.1) is 13.2 Å². The van der Waals surface area contributed by atoms with Gasteiger partial charge in [0.25, 0.3) is 0 Å². The Morgan fingerprint density at radius 2 is 1.37 bits per heavy atom. The van der Waals surface area contributed by atoms with Crippen molar-refractivity contribution in [1.29, 1.82) is 0 Å². The quantitative estimate of drug-likeness (QED) is 0.668. The van der Waals surface area contributed by atoms with Gasteiger partial charge < -0.3 is 20.4 Å². The van der Waals surface area contributed by atoms with E-state index in [0.29, 0.717) is 16.9 Å². The van der Waals surface area contributed by atoms with Crippen LogP contribution in [0.2, 0.25) is 0 Å². The molecule has 0 fully saturated rings. The van der Waals surface area contributed by atoms with Crippen LogP contribution in [0.25, 0.3) is 0 Å². The molecule has 2 aromatic carbocycles. The molecule has 0 saturated heterocycles. The zero-order chi connectivity index (χ0) is 14.3. The lowest BCUT2D eigenvalue weighted by atomic mass is 10.0. The predicted molar refractivity (Wildman–Crippen MR) is 72.8 cm³/mol. The summed E-state index contributed by atoms with van der Waals surface area (Å²) in [5.74, 6) is 0.356. The van der Waals surface area contributed by atoms with E-state index in [2.05, 4.69) is 0 Å². The Balaban J connectivity index is 0.000000218. The van der Waals surface area contributed by atoms with Gasteiger partial charge in [-0.05, 0) is 36.2 Å². The van der Waals surface area contributed by atoms with Crippen LogP contribution in [0, 0.1) is 6.92 Å². The highest BCUT2D eigenvalue weighted by atomic mass is 16.3. The molecule has 0 bridgehead atoms. The van der Waals surface area contributed by atoms with Gasteiger partial charge in [-0.25, -0.2) is 0 Å². The predicted octanol–water partition coefficient (Wildman–Crippen LogP) is 2.08. The molecule has 2 aromatic rings. The lowest BCUT2D eigenvalue weighted by Gasteiger charge is -2.09. The maximum absolute atomic E-state index is 9.28. The molecule has 0 aliphatic rings. The number of rotatable bonds is 2. The molecule has 4 N–H and O–H groups in total. The van der Waals surface area contributed by atoms with Crippen molar-refractivity contribution in [2.75, 3.05) is 0 Å². The summed E-state index contributed by atoms with van der Waals surface area (Å²) >= 11 is 0. The van der Waals surface area contributed by atoms with E-state index in [0.717, 1.165) is 5.56 Å². The Morgan fingerprint density at radius 1 is 0.789 bits per heavy atom. The number of hydrogen-bond acceptors (Lipinski definition) is 4. The van der Waals surface area contributed by atoms with Crippen LogP contribution < -0.4 is 0 Å². The summed E-state index contributed by atoms with van der Waals surface area (Å²) in [6.45, 7) is 1.42. The Kier molecular flexibility index (Phi) is 5.85. The standard InChI is InChI=1S/C9H12O3.C6H6O/c1-6-2-3-9(12)8(5-11)7(6)4-10;7-6-4-2-1-3-5-6/h2-3,10-12H,4-5H2,1H3;1-5,7H. The lowest BCUT2D eigenvalue weighted by Crippen LogP contribution is -1.97. The molecule has 19 heavy (non-hydrogen) atoms. The molecule has 0 atom stereocenters. The Morgan fingerprint density at radius 3 is 1.74 bits per heavy atom. The molecule has 0 aliphatic heterocycles. The van der Waals surface area contributed by atoms with Gasteiger partial charge in [-0.3, -0.25) is 0 Å². The first kappa shape index (κ1) is 15.0. The van der Waals surface area contributed by atoms with Crippen LogP contribution in [-0.4, -0.2) is 20.4 Å². The normalized spacial score (nSPS) is 9.63. The highest BCUT2D eigenvalue weighted by Crippen LogP contribution is 2.24. The third-order valence-electron chi connectivity index (χ3n) is 2.71. The van der Waals surface area contributed by atoms with E-state index in [4.69, 9.17) is 15.3 Å². The van der Waals surface area contributed by atoms with E-state index in [9.17, 15) is 5.11 Å². The summed E-state index contributed by atoms with van der Waals surface area (Å²) in [6, 6.07) is 11.9. The van der Waals surface area contributed by atoms with E-state index >= 15 is 0 Å². The van der Waals surface area contributed by atoms with Gasteiger partial charge in [0.2, 0.25) is 0 Å². The number of para-hydroxylation sites is 1. The highest BCUT2D eigenvalue weighted by Gasteiger charge is 2.08. The average Bonchev–Trinajstić information content (AvgIpc) is 2.42. The summed E-state index contributed by atoms with van der Waals surface area (Å²) in [5, 5.41) is 35.7. The first-order valence-electron chi connectivity index (χ1n) is 5.86. The Bertz CT molecular complexity index is 480. The minimum atomic E-state index is -0.247. The van der Waals surface area contributed by atoms with Crippen LogP contribution in [0.3, 0.4) is 0 Å². The zero-order valence-electron chi connectivity index (χ0n) is 10.7. The van der Waals surface area contributed by atoms with Gasteiger partial charge in [0, 0.05) is 5.56 Å². The van der Waals surface area contributed by atoms with Gasteiger partial charge in [-0.1, -0.05) is 24.3 Å². The van der Waals surface area contributed by atoms with Crippen LogP contribution in [-0.2, 0) is 13.2 Å². The first-order valence-corrected chi connectivity index (χ1v) is 5.86. The second-order valence-corrected chi connectivity index (χ2v) is 4.01. The minimum Gasteiger partial charge on any atom is -0.508 e. The van der Waals surface area contributed by atoms with Crippen molar-refractivity contribution in [1.82, 2.24) is 0 Å². The highest BCUT2D eigenvalue weighted by molar-refractivity contribution is 5.43. The van der Waals surface area contributed by atoms with Gasteiger partial charge in [0.15, 0.2) is 0 Å². The summed E-state index contributed by atoms with van der Waals surface area (Å²) in [5.41, 5.74) is 1.90. The Hall–Kier alpha value is -2.04. The maximum atomic E-state index is 9.28. The summed E-state index contributed by atoms with van der Waals surface area (Å²) in [6.07, 6.45) is 0. The molecule has 4 nitrogen and oxygen atoms in total. The number of phenolic OH excluding ortho intramolecular Hbond substituents is 1. The number of benzene rings is 2. The second-order valence-electron chi connectivity index (χ2n) is 4.01. The van der Waals surface area contributed by atoms with E-state index in [1.54, 1.807) is 30.3 Å². The van der Waals surface area contributed by atoms with Crippen molar-refractivity contribution in [2.45, 2.75) is 20.1 Å². The van der Waals surface area contributed by atoms with E-state index in [1.807, 2.05) is 13.0 Å². The molecule has 102 valence electrons. The van der Waals surface area contributed by atoms with Crippen molar-refractivity contribution in [3.05, 3.63) is 59.2 Å². The van der Waals surface area contributed by atoms with E-state index < -0.39 is 0 Å². The van der Waals surface area contributed by atoms with Crippen LogP contribution in [0.1, 0.15) is 16.7 Å². The molecule has 0 heterocycles. The molecular formula is C15H18O4. The van der Waals surface area contributed by atoms with Gasteiger partial charge in [-0.15, -0.1) is 0 Å². The fraction of sp³-hybridized carbons (Fsp3) is 0.200. The first-order chi connectivity index (χ1) is 9.10. The maximum Gasteiger partial charge on any atom is 0.121 e. The second kappa shape index (κ2) is 7.41.